The maximum absolute atomic E-state index is 11.0. The molecule has 1 aromatic rings. The number of nitrogen functional groups attached to an aromatic ring is 1. The topological polar surface area (TPSA) is 126 Å². The van der Waals surface area contributed by atoms with Crippen molar-refractivity contribution in [1.29, 1.82) is 0 Å². The van der Waals surface area contributed by atoms with Crippen molar-refractivity contribution in [1.82, 2.24) is 10.3 Å². The molecule has 1 aliphatic rings. The van der Waals surface area contributed by atoms with Crippen molar-refractivity contribution in [2.45, 2.75) is 19.4 Å². The first-order valence-electron chi connectivity index (χ1n) is 6.14. The molecule has 4 N–H and O–H groups in total. The zero-order valence-corrected chi connectivity index (χ0v) is 11.0. The van der Waals surface area contributed by atoms with Crippen LogP contribution >= 0.6 is 0 Å². The van der Waals surface area contributed by atoms with E-state index in [9.17, 15) is 14.9 Å². The van der Waals surface area contributed by atoms with E-state index in [0.29, 0.717) is 18.9 Å². The van der Waals surface area contributed by atoms with Crippen LogP contribution in [0.25, 0.3) is 0 Å². The summed E-state index contributed by atoms with van der Waals surface area (Å²) in [5.41, 5.74) is 2.24. The first kappa shape index (κ1) is 14.0. The van der Waals surface area contributed by atoms with Gasteiger partial charge in [0, 0.05) is 26.1 Å². The number of hydrazine groups is 1. The van der Waals surface area contributed by atoms with Crippen LogP contribution in [0.5, 0.6) is 0 Å². The molecule has 2 rings (SSSR count). The Morgan fingerprint density at radius 3 is 2.95 bits per heavy atom. The molecule has 0 saturated carbocycles. The van der Waals surface area contributed by atoms with Crippen molar-refractivity contribution in [2.24, 2.45) is 5.84 Å². The van der Waals surface area contributed by atoms with Crippen molar-refractivity contribution in [3.8, 4) is 0 Å². The van der Waals surface area contributed by atoms with Crippen molar-refractivity contribution >= 4 is 23.2 Å². The molecule has 0 bridgehead atoms. The number of nitrogens with one attached hydrogen (secondary N) is 2. The molecule has 0 aromatic carbocycles. The molecule has 2 heterocycles. The van der Waals surface area contributed by atoms with Gasteiger partial charge in [0.2, 0.25) is 5.91 Å². The molecule has 9 nitrogen and oxygen atoms in total. The molecule has 20 heavy (non-hydrogen) atoms. The second-order valence-electron chi connectivity index (χ2n) is 4.60. The second-order valence-corrected chi connectivity index (χ2v) is 4.60. The van der Waals surface area contributed by atoms with E-state index in [1.165, 1.54) is 19.1 Å². The number of nitro groups is 1. The molecule has 1 aromatic heterocycles. The number of pyridine rings is 1. The molecule has 108 valence electrons. The maximum Gasteiger partial charge on any atom is 0.276 e. The Hall–Kier alpha value is -2.42. The third-order valence-electron chi connectivity index (χ3n) is 3.07. The SMILES string of the molecule is CC(=O)NC1CCN(c2cc([N+](=O)[O-])cc(NN)n2)C1. The minimum absolute atomic E-state index is 0.0304. The fourth-order valence-electron chi connectivity index (χ4n) is 2.22. The van der Waals surface area contributed by atoms with Crippen LogP contribution in [-0.2, 0) is 4.79 Å². The van der Waals surface area contributed by atoms with Crippen molar-refractivity contribution < 1.29 is 9.72 Å². The zero-order valence-electron chi connectivity index (χ0n) is 11.0. The van der Waals surface area contributed by atoms with Crippen LogP contribution in [-0.4, -0.2) is 34.9 Å². The van der Waals surface area contributed by atoms with E-state index >= 15 is 0 Å². The van der Waals surface area contributed by atoms with Crippen molar-refractivity contribution in [3.63, 3.8) is 0 Å². The number of nitrogens with two attached hydrogens (primary N) is 1. The summed E-state index contributed by atoms with van der Waals surface area (Å²) in [7, 11) is 0. The first-order chi connectivity index (χ1) is 9.49. The average molecular weight is 280 g/mol. The molecule has 0 spiro atoms. The molecule has 1 unspecified atom stereocenters. The number of carbonyl (C=O) groups excluding carboxylic acids is 1. The highest BCUT2D eigenvalue weighted by Crippen LogP contribution is 2.25. The molecular formula is C11H16N6O3. The summed E-state index contributed by atoms with van der Waals surface area (Å²) < 4.78 is 0. The Bertz CT molecular complexity index is 535. The second kappa shape index (κ2) is 5.70. The van der Waals surface area contributed by atoms with Gasteiger partial charge < -0.3 is 15.6 Å². The van der Waals surface area contributed by atoms with Gasteiger partial charge in [0.15, 0.2) is 0 Å². The minimum atomic E-state index is -0.493. The third-order valence-corrected chi connectivity index (χ3v) is 3.07. The Morgan fingerprint density at radius 2 is 2.35 bits per heavy atom. The van der Waals surface area contributed by atoms with Crippen LogP contribution in [0.15, 0.2) is 12.1 Å². The number of anilines is 2. The van der Waals surface area contributed by atoms with Crippen LogP contribution in [0.3, 0.4) is 0 Å². The Kier molecular flexibility index (Phi) is 3.99. The van der Waals surface area contributed by atoms with E-state index < -0.39 is 4.92 Å². The zero-order chi connectivity index (χ0) is 14.7. The van der Waals surface area contributed by atoms with E-state index in [1.807, 2.05) is 4.90 Å². The van der Waals surface area contributed by atoms with Crippen LogP contribution < -0.4 is 21.5 Å². The molecule has 1 amide bonds. The summed E-state index contributed by atoms with van der Waals surface area (Å²) in [5.74, 6) is 5.89. The third kappa shape index (κ3) is 3.12. The fraction of sp³-hybridized carbons (Fsp3) is 0.455. The van der Waals surface area contributed by atoms with Gasteiger partial charge in [-0.15, -0.1) is 0 Å². The molecule has 1 aliphatic heterocycles. The number of hydrogen-bond acceptors (Lipinski definition) is 7. The monoisotopic (exact) mass is 280 g/mol. The first-order valence-corrected chi connectivity index (χ1v) is 6.14. The molecule has 1 fully saturated rings. The predicted octanol–water partition coefficient (Wildman–Crippen LogP) is -0.00980. The van der Waals surface area contributed by atoms with Crippen molar-refractivity contribution in [3.05, 3.63) is 22.2 Å². The molecule has 1 saturated heterocycles. The molecular weight excluding hydrogens is 264 g/mol. The standard InChI is InChI=1S/C11H16N6O3/c1-7(18)13-8-2-3-16(6-8)11-5-9(17(19)20)4-10(14-11)15-12/h4-5,8H,2-3,6,12H2,1H3,(H,13,18)(H,14,15). The van der Waals surface area contributed by atoms with Gasteiger partial charge in [-0.05, 0) is 6.42 Å². The van der Waals surface area contributed by atoms with E-state index in [2.05, 4.69) is 15.7 Å². The van der Waals surface area contributed by atoms with Crippen LogP contribution in [0.1, 0.15) is 13.3 Å². The fourth-order valence-corrected chi connectivity index (χ4v) is 2.22. The summed E-state index contributed by atoms with van der Waals surface area (Å²) in [6.07, 6.45) is 0.773. The quantitative estimate of drug-likeness (QED) is 0.402. The van der Waals surface area contributed by atoms with Gasteiger partial charge >= 0.3 is 0 Å². The van der Waals surface area contributed by atoms with Gasteiger partial charge in [-0.3, -0.25) is 14.9 Å². The highest BCUT2D eigenvalue weighted by molar-refractivity contribution is 5.73. The number of rotatable bonds is 4. The Balaban J connectivity index is 2.18. The normalized spacial score (nSPS) is 17.9. The Labute approximate surface area is 115 Å². The van der Waals surface area contributed by atoms with Gasteiger partial charge in [-0.2, -0.15) is 0 Å². The lowest BCUT2D eigenvalue weighted by molar-refractivity contribution is -0.384. The van der Waals surface area contributed by atoms with Gasteiger partial charge in [-0.25, -0.2) is 10.8 Å². The summed E-state index contributed by atoms with van der Waals surface area (Å²) >= 11 is 0. The molecule has 1 atom stereocenters. The number of hydrogen-bond donors (Lipinski definition) is 3. The van der Waals surface area contributed by atoms with Crippen LogP contribution in [0.4, 0.5) is 17.3 Å². The summed E-state index contributed by atoms with van der Waals surface area (Å²) in [5, 5.41) is 13.7. The van der Waals surface area contributed by atoms with Gasteiger partial charge in [0.25, 0.3) is 5.69 Å². The van der Waals surface area contributed by atoms with E-state index in [1.54, 1.807) is 0 Å². The van der Waals surface area contributed by atoms with E-state index in [4.69, 9.17) is 5.84 Å². The number of amides is 1. The minimum Gasteiger partial charge on any atom is -0.354 e. The summed E-state index contributed by atoms with van der Waals surface area (Å²) in [4.78, 5) is 27.5. The van der Waals surface area contributed by atoms with Gasteiger partial charge in [-0.1, -0.05) is 0 Å². The number of nitrogens with zero attached hydrogens (tertiary/aromatic N) is 3. The summed E-state index contributed by atoms with van der Waals surface area (Å²) in [6, 6.07) is 2.70. The smallest absolute Gasteiger partial charge is 0.276 e. The molecule has 0 aliphatic carbocycles. The van der Waals surface area contributed by atoms with Crippen LogP contribution in [0.2, 0.25) is 0 Å². The lowest BCUT2D eigenvalue weighted by Gasteiger charge is -2.18. The van der Waals surface area contributed by atoms with E-state index in [-0.39, 0.29) is 23.5 Å². The largest absolute Gasteiger partial charge is 0.354 e. The van der Waals surface area contributed by atoms with E-state index in [0.717, 1.165) is 6.42 Å². The molecule has 9 heteroatoms. The van der Waals surface area contributed by atoms with Crippen LogP contribution in [0, 0.1) is 10.1 Å². The highest BCUT2D eigenvalue weighted by Gasteiger charge is 2.25. The lowest BCUT2D eigenvalue weighted by atomic mass is 10.2. The Morgan fingerprint density at radius 1 is 1.60 bits per heavy atom. The summed E-state index contributed by atoms with van der Waals surface area (Å²) in [6.45, 7) is 2.70. The van der Waals surface area contributed by atoms with Crippen molar-refractivity contribution in [2.75, 3.05) is 23.4 Å². The van der Waals surface area contributed by atoms with Gasteiger partial charge in [0.05, 0.1) is 17.1 Å². The average Bonchev–Trinajstić information content (AvgIpc) is 2.85. The van der Waals surface area contributed by atoms with Gasteiger partial charge in [0.1, 0.15) is 11.6 Å². The highest BCUT2D eigenvalue weighted by atomic mass is 16.6. The number of aromatic nitrogens is 1. The maximum atomic E-state index is 11.0. The number of carbonyl (C=O) groups is 1. The predicted molar refractivity (Wildman–Crippen MR) is 73.1 cm³/mol. The molecule has 0 radical (unpaired) electrons. The lowest BCUT2D eigenvalue weighted by Crippen LogP contribution is -2.35.